The Morgan fingerprint density at radius 1 is 1.21 bits per heavy atom. The first-order valence-corrected chi connectivity index (χ1v) is 6.22. The molecule has 1 aromatic heterocycles. The summed E-state index contributed by atoms with van der Waals surface area (Å²) in [5.41, 5.74) is 8.65. The highest BCUT2D eigenvalue weighted by Crippen LogP contribution is 2.21. The number of rotatable bonds is 5. The minimum Gasteiger partial charge on any atom is -0.496 e. The van der Waals surface area contributed by atoms with E-state index in [1.165, 1.54) is 0 Å². The summed E-state index contributed by atoms with van der Waals surface area (Å²) in [6.45, 7) is 1.24. The third kappa shape index (κ3) is 3.23. The smallest absolute Gasteiger partial charge is 0.123 e. The third-order valence-electron chi connectivity index (χ3n) is 3.06. The van der Waals surface area contributed by atoms with Crippen molar-refractivity contribution in [3.8, 4) is 5.75 Å². The normalized spacial score (nSPS) is 10.3. The fourth-order valence-electron chi connectivity index (χ4n) is 1.94. The molecule has 4 nitrogen and oxygen atoms in total. The second-order valence-electron chi connectivity index (χ2n) is 4.38. The van der Waals surface area contributed by atoms with Crippen molar-refractivity contribution in [2.45, 2.75) is 13.1 Å². The zero-order valence-corrected chi connectivity index (χ0v) is 11.3. The molecule has 0 aliphatic carbocycles. The topological polar surface area (TPSA) is 51.4 Å². The van der Waals surface area contributed by atoms with Crippen molar-refractivity contribution in [2.24, 2.45) is 5.73 Å². The summed E-state index contributed by atoms with van der Waals surface area (Å²) in [5.74, 6) is 0.904. The van der Waals surface area contributed by atoms with Gasteiger partial charge in [0.1, 0.15) is 5.75 Å². The first-order valence-electron chi connectivity index (χ1n) is 6.22. The monoisotopic (exact) mass is 257 g/mol. The van der Waals surface area contributed by atoms with Gasteiger partial charge in [-0.05, 0) is 18.2 Å². The van der Waals surface area contributed by atoms with Crippen LogP contribution in [0.3, 0.4) is 0 Å². The van der Waals surface area contributed by atoms with Crippen molar-refractivity contribution in [1.29, 1.82) is 0 Å². The fraction of sp³-hybridized carbons (Fsp3) is 0.267. The molecule has 0 fully saturated rings. The predicted octanol–water partition coefficient (Wildman–Crippen LogP) is 2.19. The lowest BCUT2D eigenvalue weighted by Gasteiger charge is -2.20. The van der Waals surface area contributed by atoms with E-state index in [1.807, 2.05) is 43.6 Å². The molecule has 0 radical (unpaired) electrons. The summed E-state index contributed by atoms with van der Waals surface area (Å²) in [7, 11) is 3.72. The molecule has 0 unspecified atom stereocenters. The largest absolute Gasteiger partial charge is 0.496 e. The van der Waals surface area contributed by atoms with Gasteiger partial charge in [-0.1, -0.05) is 18.2 Å². The van der Waals surface area contributed by atoms with Gasteiger partial charge in [0.15, 0.2) is 0 Å². The van der Waals surface area contributed by atoms with Crippen LogP contribution in [-0.4, -0.2) is 19.1 Å². The van der Waals surface area contributed by atoms with E-state index < -0.39 is 0 Å². The maximum Gasteiger partial charge on any atom is 0.123 e. The molecular weight excluding hydrogens is 238 g/mol. The van der Waals surface area contributed by atoms with E-state index in [0.717, 1.165) is 29.2 Å². The zero-order valence-electron chi connectivity index (χ0n) is 11.3. The van der Waals surface area contributed by atoms with Crippen LogP contribution in [0.2, 0.25) is 0 Å². The van der Waals surface area contributed by atoms with Crippen LogP contribution in [0, 0.1) is 0 Å². The van der Waals surface area contributed by atoms with Crippen LogP contribution in [0.15, 0.2) is 42.6 Å². The lowest BCUT2D eigenvalue weighted by molar-refractivity contribution is 0.409. The lowest BCUT2D eigenvalue weighted by Crippen LogP contribution is -2.17. The highest BCUT2D eigenvalue weighted by atomic mass is 16.5. The predicted molar refractivity (Wildman–Crippen MR) is 77.2 cm³/mol. The molecule has 4 heteroatoms. The van der Waals surface area contributed by atoms with Crippen molar-refractivity contribution in [2.75, 3.05) is 19.1 Å². The van der Waals surface area contributed by atoms with Gasteiger partial charge in [0.05, 0.1) is 24.7 Å². The Bertz CT molecular complexity index is 525. The minimum atomic E-state index is 0.469. The van der Waals surface area contributed by atoms with Crippen LogP contribution >= 0.6 is 0 Å². The molecule has 0 amide bonds. The zero-order chi connectivity index (χ0) is 13.7. The SMILES string of the molecule is COc1ccccc1CN(C)c1ccc(CN)nc1. The molecule has 0 aliphatic heterocycles. The summed E-state index contributed by atoms with van der Waals surface area (Å²) >= 11 is 0. The van der Waals surface area contributed by atoms with Gasteiger partial charge >= 0.3 is 0 Å². The molecule has 19 heavy (non-hydrogen) atoms. The lowest BCUT2D eigenvalue weighted by atomic mass is 10.2. The Balaban J connectivity index is 2.13. The molecule has 1 heterocycles. The summed E-state index contributed by atoms with van der Waals surface area (Å²) in [5, 5.41) is 0. The summed E-state index contributed by atoms with van der Waals surface area (Å²) in [4.78, 5) is 6.43. The van der Waals surface area contributed by atoms with Crippen LogP contribution in [-0.2, 0) is 13.1 Å². The number of nitrogens with two attached hydrogens (primary N) is 1. The molecule has 0 bridgehead atoms. The van der Waals surface area contributed by atoms with Gasteiger partial charge in [0.25, 0.3) is 0 Å². The number of ether oxygens (including phenoxy) is 1. The van der Waals surface area contributed by atoms with Crippen LogP contribution in [0.1, 0.15) is 11.3 Å². The van der Waals surface area contributed by atoms with Crippen molar-refractivity contribution < 1.29 is 4.74 Å². The number of aromatic nitrogens is 1. The number of hydrogen-bond donors (Lipinski definition) is 1. The maximum atomic E-state index is 5.54. The van der Waals surface area contributed by atoms with Crippen molar-refractivity contribution in [3.63, 3.8) is 0 Å². The number of para-hydroxylation sites is 1. The van der Waals surface area contributed by atoms with Crippen LogP contribution in [0.4, 0.5) is 5.69 Å². The van der Waals surface area contributed by atoms with E-state index in [1.54, 1.807) is 7.11 Å². The highest BCUT2D eigenvalue weighted by molar-refractivity contribution is 5.46. The van der Waals surface area contributed by atoms with Gasteiger partial charge in [0, 0.05) is 25.7 Å². The van der Waals surface area contributed by atoms with Gasteiger partial charge in [-0.25, -0.2) is 0 Å². The molecule has 2 N–H and O–H groups in total. The van der Waals surface area contributed by atoms with Crippen LogP contribution < -0.4 is 15.4 Å². The van der Waals surface area contributed by atoms with Gasteiger partial charge in [-0.2, -0.15) is 0 Å². The van der Waals surface area contributed by atoms with E-state index in [9.17, 15) is 0 Å². The summed E-state index contributed by atoms with van der Waals surface area (Å²) in [6.07, 6.45) is 1.84. The Hall–Kier alpha value is -2.07. The molecule has 0 saturated heterocycles. The number of hydrogen-bond acceptors (Lipinski definition) is 4. The number of anilines is 1. The highest BCUT2D eigenvalue weighted by Gasteiger charge is 2.06. The van der Waals surface area contributed by atoms with E-state index in [-0.39, 0.29) is 0 Å². The number of methoxy groups -OCH3 is 1. The van der Waals surface area contributed by atoms with Crippen molar-refractivity contribution >= 4 is 5.69 Å². The molecule has 2 aromatic rings. The maximum absolute atomic E-state index is 5.54. The number of pyridine rings is 1. The molecule has 1 aromatic carbocycles. The minimum absolute atomic E-state index is 0.469. The van der Waals surface area contributed by atoms with E-state index in [2.05, 4.69) is 16.0 Å². The van der Waals surface area contributed by atoms with Gasteiger partial charge < -0.3 is 15.4 Å². The van der Waals surface area contributed by atoms with Gasteiger partial charge in [-0.3, -0.25) is 4.98 Å². The number of nitrogens with zero attached hydrogens (tertiary/aromatic N) is 2. The van der Waals surface area contributed by atoms with Crippen molar-refractivity contribution in [3.05, 3.63) is 53.9 Å². The molecule has 0 aliphatic rings. The second kappa shape index (κ2) is 6.20. The van der Waals surface area contributed by atoms with E-state index >= 15 is 0 Å². The van der Waals surface area contributed by atoms with Crippen LogP contribution in [0.5, 0.6) is 5.75 Å². The standard InChI is InChI=1S/C15H19N3O/c1-18(14-8-7-13(9-16)17-10-14)11-12-5-3-4-6-15(12)19-2/h3-8,10H,9,11,16H2,1-2H3. The molecular formula is C15H19N3O. The molecule has 0 saturated carbocycles. The third-order valence-corrected chi connectivity index (χ3v) is 3.06. The van der Waals surface area contributed by atoms with E-state index in [4.69, 9.17) is 10.5 Å². The van der Waals surface area contributed by atoms with Gasteiger partial charge in [-0.15, -0.1) is 0 Å². The van der Waals surface area contributed by atoms with Gasteiger partial charge in [0.2, 0.25) is 0 Å². The Morgan fingerprint density at radius 2 is 2.00 bits per heavy atom. The quantitative estimate of drug-likeness (QED) is 0.892. The fourth-order valence-corrected chi connectivity index (χ4v) is 1.94. The average Bonchev–Trinajstić information content (AvgIpc) is 2.48. The first-order chi connectivity index (χ1) is 9.24. The van der Waals surface area contributed by atoms with Crippen molar-refractivity contribution in [1.82, 2.24) is 4.98 Å². The molecule has 2 rings (SSSR count). The second-order valence-corrected chi connectivity index (χ2v) is 4.38. The van der Waals surface area contributed by atoms with Crippen LogP contribution in [0.25, 0.3) is 0 Å². The first kappa shape index (κ1) is 13.4. The summed E-state index contributed by atoms with van der Waals surface area (Å²) in [6, 6.07) is 12.0. The van der Waals surface area contributed by atoms with E-state index in [0.29, 0.717) is 6.54 Å². The molecule has 0 spiro atoms. The Morgan fingerprint density at radius 3 is 2.63 bits per heavy atom. The molecule has 0 atom stereocenters. The molecule has 100 valence electrons. The summed E-state index contributed by atoms with van der Waals surface area (Å²) < 4.78 is 5.36. The Labute approximate surface area is 113 Å². The Kier molecular flexibility index (Phi) is 4.36. The average molecular weight is 257 g/mol. The number of benzene rings is 1.